The van der Waals surface area contributed by atoms with Gasteiger partial charge in [-0.1, -0.05) is 17.7 Å². The Labute approximate surface area is 125 Å². The van der Waals surface area contributed by atoms with Crippen LogP contribution in [0.2, 0.25) is 0 Å². The van der Waals surface area contributed by atoms with Crippen molar-refractivity contribution in [2.45, 2.75) is 11.8 Å². The van der Waals surface area contributed by atoms with Gasteiger partial charge >= 0.3 is 29.6 Å². The first kappa shape index (κ1) is 16.4. The molecule has 1 aromatic heterocycles. The van der Waals surface area contributed by atoms with Gasteiger partial charge in [-0.2, -0.15) is 8.42 Å². The van der Waals surface area contributed by atoms with E-state index in [1.54, 1.807) is 12.1 Å². The van der Waals surface area contributed by atoms with E-state index in [0.717, 1.165) is 5.56 Å². The average molecular weight is 263 g/mol. The van der Waals surface area contributed by atoms with Crippen LogP contribution >= 0.6 is 0 Å². The predicted molar refractivity (Wildman–Crippen MR) is 62.9 cm³/mol. The zero-order valence-electron chi connectivity index (χ0n) is 10.8. The summed E-state index contributed by atoms with van der Waals surface area (Å²) in [6, 6.07) is 9.88. The Hall–Kier alpha value is -0.590. The van der Waals surface area contributed by atoms with Gasteiger partial charge in [0, 0.05) is 12.4 Å². The molecule has 17 heavy (non-hydrogen) atoms. The van der Waals surface area contributed by atoms with E-state index in [2.05, 4.69) is 4.98 Å². The topological polar surface area (TPSA) is 70.2 Å². The molecule has 0 aliphatic carbocycles. The van der Waals surface area contributed by atoms with E-state index >= 15 is 0 Å². The molecule has 0 unspecified atom stereocenters. The first-order valence-corrected chi connectivity index (χ1v) is 6.06. The van der Waals surface area contributed by atoms with Crippen molar-refractivity contribution in [2.24, 2.45) is 0 Å². The molecule has 1 aromatic carbocycles. The number of benzene rings is 1. The molecular weight excluding hydrogens is 249 g/mol. The number of aryl methyl sites for hydroxylation is 1. The smallest absolute Gasteiger partial charge is 1.00 e. The molecule has 2 N–H and O–H groups in total. The maximum atomic E-state index is 10.5. The van der Waals surface area contributed by atoms with Crippen LogP contribution in [0, 0.1) is 6.92 Å². The van der Waals surface area contributed by atoms with Crippen molar-refractivity contribution in [2.75, 3.05) is 0 Å². The average Bonchev–Trinajstić information content (AvgIpc) is 2.74. The molecular formula is C11H14NNaO3S. The van der Waals surface area contributed by atoms with Gasteiger partial charge in [-0.3, -0.25) is 4.55 Å². The minimum Gasteiger partial charge on any atom is -1.00 e. The number of H-pyrrole nitrogens is 1. The zero-order chi connectivity index (χ0) is 12.0. The van der Waals surface area contributed by atoms with Gasteiger partial charge in [-0.25, -0.2) is 0 Å². The van der Waals surface area contributed by atoms with E-state index in [9.17, 15) is 8.42 Å². The van der Waals surface area contributed by atoms with Crippen molar-refractivity contribution >= 4 is 10.1 Å². The molecule has 0 spiro atoms. The third-order valence-corrected chi connectivity index (χ3v) is 2.68. The number of aromatic amines is 1. The number of rotatable bonds is 1. The SMILES string of the molecule is Cc1ccc(S(=O)(=O)O)cc1.[H-].[Na+].c1cc[nH]c1. The van der Waals surface area contributed by atoms with Gasteiger partial charge in [-0.15, -0.1) is 0 Å². The first-order valence-electron chi connectivity index (χ1n) is 4.62. The number of hydrogen-bond acceptors (Lipinski definition) is 2. The van der Waals surface area contributed by atoms with Gasteiger partial charge in [0.25, 0.3) is 10.1 Å². The van der Waals surface area contributed by atoms with Crippen LogP contribution < -0.4 is 29.6 Å². The summed E-state index contributed by atoms with van der Waals surface area (Å²) in [5.41, 5.74) is 0.956. The normalized spacial score (nSPS) is 9.76. The third-order valence-electron chi connectivity index (χ3n) is 1.81. The second-order valence-corrected chi connectivity index (χ2v) is 4.59. The number of nitrogens with one attached hydrogen (secondary N) is 1. The Bertz CT molecular complexity index is 495. The van der Waals surface area contributed by atoms with E-state index in [4.69, 9.17) is 4.55 Å². The molecule has 1 heterocycles. The number of aromatic nitrogens is 1. The van der Waals surface area contributed by atoms with Crippen molar-refractivity contribution < 1.29 is 44.0 Å². The Morgan fingerprint density at radius 1 is 1.12 bits per heavy atom. The fraction of sp³-hybridized carbons (Fsp3) is 0.0909. The minimum absolute atomic E-state index is 0. The van der Waals surface area contributed by atoms with Crippen LogP contribution in [0.3, 0.4) is 0 Å². The van der Waals surface area contributed by atoms with Gasteiger partial charge in [0.2, 0.25) is 0 Å². The van der Waals surface area contributed by atoms with E-state index < -0.39 is 10.1 Å². The standard InChI is InChI=1S/C7H8O3S.C4H5N.Na.H/c1-6-2-4-7(5-3-6)11(8,9)10;1-2-4-5-3-1;;/h2-5H,1H3,(H,8,9,10);1-5H;;/q;;+1;-1. The van der Waals surface area contributed by atoms with Crippen molar-refractivity contribution in [3.63, 3.8) is 0 Å². The molecule has 0 radical (unpaired) electrons. The van der Waals surface area contributed by atoms with Gasteiger partial charge in [0.1, 0.15) is 0 Å². The molecule has 0 saturated carbocycles. The molecule has 0 aliphatic heterocycles. The van der Waals surface area contributed by atoms with Crippen LogP contribution in [-0.4, -0.2) is 18.0 Å². The van der Waals surface area contributed by atoms with Gasteiger partial charge < -0.3 is 6.41 Å². The Kier molecular flexibility index (Phi) is 7.41. The largest absolute Gasteiger partial charge is 1.00 e. The second kappa shape index (κ2) is 7.68. The summed E-state index contributed by atoms with van der Waals surface area (Å²) in [5.74, 6) is 0. The molecule has 2 rings (SSSR count). The summed E-state index contributed by atoms with van der Waals surface area (Å²) in [5, 5.41) is 0. The summed E-state index contributed by atoms with van der Waals surface area (Å²) in [7, 11) is -4.02. The Balaban J connectivity index is 0. The molecule has 0 atom stereocenters. The second-order valence-electron chi connectivity index (χ2n) is 3.17. The molecule has 0 saturated heterocycles. The Morgan fingerprint density at radius 2 is 1.59 bits per heavy atom. The maximum Gasteiger partial charge on any atom is 1.00 e. The van der Waals surface area contributed by atoms with Crippen LogP contribution in [0.4, 0.5) is 0 Å². The zero-order valence-corrected chi connectivity index (χ0v) is 12.6. The summed E-state index contributed by atoms with van der Waals surface area (Å²) in [4.78, 5) is 2.79. The monoisotopic (exact) mass is 263 g/mol. The van der Waals surface area contributed by atoms with Crippen LogP contribution in [0.5, 0.6) is 0 Å². The minimum atomic E-state index is -4.02. The molecule has 88 valence electrons. The predicted octanol–water partition coefficient (Wildman–Crippen LogP) is -0.627. The van der Waals surface area contributed by atoms with E-state index in [0.29, 0.717) is 0 Å². The van der Waals surface area contributed by atoms with Gasteiger partial charge in [-0.05, 0) is 31.2 Å². The molecule has 0 amide bonds. The van der Waals surface area contributed by atoms with Crippen molar-refractivity contribution in [3.8, 4) is 0 Å². The van der Waals surface area contributed by atoms with Crippen molar-refractivity contribution in [3.05, 3.63) is 54.4 Å². The Morgan fingerprint density at radius 3 is 1.88 bits per heavy atom. The van der Waals surface area contributed by atoms with Crippen LogP contribution in [0.25, 0.3) is 0 Å². The molecule has 0 fully saturated rings. The van der Waals surface area contributed by atoms with Crippen LogP contribution in [0.1, 0.15) is 6.99 Å². The van der Waals surface area contributed by atoms with E-state index in [1.807, 2.05) is 31.5 Å². The fourth-order valence-electron chi connectivity index (χ4n) is 0.988. The van der Waals surface area contributed by atoms with Gasteiger partial charge in [0.15, 0.2) is 0 Å². The summed E-state index contributed by atoms with van der Waals surface area (Å²) < 4.78 is 29.6. The fourth-order valence-corrected chi connectivity index (χ4v) is 1.47. The van der Waals surface area contributed by atoms with Crippen LogP contribution in [0.15, 0.2) is 53.7 Å². The number of hydrogen-bond donors (Lipinski definition) is 2. The summed E-state index contributed by atoms with van der Waals surface area (Å²) in [6.45, 7) is 1.84. The molecule has 4 nitrogen and oxygen atoms in total. The summed E-state index contributed by atoms with van der Waals surface area (Å²) in [6.07, 6.45) is 3.75. The maximum absolute atomic E-state index is 10.5. The van der Waals surface area contributed by atoms with E-state index in [-0.39, 0.29) is 35.9 Å². The third kappa shape index (κ3) is 6.65. The van der Waals surface area contributed by atoms with E-state index in [1.165, 1.54) is 12.1 Å². The van der Waals surface area contributed by atoms with Gasteiger partial charge in [0.05, 0.1) is 4.90 Å². The van der Waals surface area contributed by atoms with Crippen molar-refractivity contribution in [1.29, 1.82) is 0 Å². The first-order chi connectivity index (χ1) is 7.50. The molecule has 0 bridgehead atoms. The molecule has 0 aliphatic rings. The molecule has 6 heteroatoms. The quantitative estimate of drug-likeness (QED) is 0.532. The van der Waals surface area contributed by atoms with Crippen LogP contribution in [-0.2, 0) is 10.1 Å². The molecule has 2 aromatic rings. The summed E-state index contributed by atoms with van der Waals surface area (Å²) >= 11 is 0. The van der Waals surface area contributed by atoms with Crippen molar-refractivity contribution in [1.82, 2.24) is 4.98 Å².